The van der Waals surface area contributed by atoms with Gasteiger partial charge in [0.05, 0.1) is 11.4 Å². The van der Waals surface area contributed by atoms with Crippen molar-refractivity contribution in [1.82, 2.24) is 9.47 Å². The first-order chi connectivity index (χ1) is 11.0. The van der Waals surface area contributed by atoms with Crippen LogP contribution in [0.5, 0.6) is 0 Å². The highest BCUT2D eigenvalue weighted by atomic mass is 32.2. The van der Waals surface area contributed by atoms with Crippen LogP contribution in [0.15, 0.2) is 11.0 Å². The summed E-state index contributed by atoms with van der Waals surface area (Å²) in [7, 11) is 0. The van der Waals surface area contributed by atoms with Gasteiger partial charge in [0.1, 0.15) is 0 Å². The zero-order chi connectivity index (χ0) is 16.6. The molecule has 1 saturated heterocycles. The second-order valence-corrected chi connectivity index (χ2v) is 7.10. The van der Waals surface area contributed by atoms with Gasteiger partial charge in [0.2, 0.25) is 0 Å². The lowest BCUT2D eigenvalue weighted by atomic mass is 10.2. The molecule has 120 valence electrons. The molecule has 2 heterocycles. The molecule has 3 rings (SSSR count). The monoisotopic (exact) mass is 328 g/mol. The number of hydrogen-bond acceptors (Lipinski definition) is 3. The minimum absolute atomic E-state index is 0.0309. The Bertz CT molecular complexity index is 733. The highest BCUT2D eigenvalue weighted by molar-refractivity contribution is 8.18. The highest BCUT2D eigenvalue weighted by Gasteiger charge is 2.34. The third-order valence-electron chi connectivity index (χ3n) is 4.62. The Kier molecular flexibility index (Phi) is 4.36. The van der Waals surface area contributed by atoms with E-state index >= 15 is 0 Å². The van der Waals surface area contributed by atoms with Crippen molar-refractivity contribution in [3.05, 3.63) is 27.9 Å². The zero-order valence-corrected chi connectivity index (χ0v) is 14.3. The van der Waals surface area contributed by atoms with Crippen LogP contribution in [0.1, 0.15) is 48.7 Å². The van der Waals surface area contributed by atoms with Crippen LogP contribution in [-0.4, -0.2) is 27.2 Å². The Morgan fingerprint density at radius 2 is 2.04 bits per heavy atom. The lowest BCUT2D eigenvalue weighted by Gasteiger charge is -2.17. The fourth-order valence-electron chi connectivity index (χ4n) is 3.54. The van der Waals surface area contributed by atoms with E-state index in [0.29, 0.717) is 10.9 Å². The van der Waals surface area contributed by atoms with Gasteiger partial charge in [-0.1, -0.05) is 18.8 Å². The first-order valence-electron chi connectivity index (χ1n) is 7.90. The van der Waals surface area contributed by atoms with E-state index in [9.17, 15) is 9.59 Å². The predicted octanol–water partition coefficient (Wildman–Crippen LogP) is 3.89. The summed E-state index contributed by atoms with van der Waals surface area (Å²) in [6.07, 6.45) is 12.0. The van der Waals surface area contributed by atoms with Gasteiger partial charge in [-0.25, -0.2) is 0 Å². The van der Waals surface area contributed by atoms with Crippen molar-refractivity contribution in [2.24, 2.45) is 0 Å². The number of aryl methyl sites for hydroxylation is 1. The summed E-state index contributed by atoms with van der Waals surface area (Å²) in [5.74, 6) is 2.07. The van der Waals surface area contributed by atoms with E-state index in [2.05, 4.69) is 30.4 Å². The fourth-order valence-corrected chi connectivity index (χ4v) is 4.37. The van der Waals surface area contributed by atoms with E-state index in [1.807, 2.05) is 6.08 Å². The van der Waals surface area contributed by atoms with Crippen LogP contribution >= 0.6 is 11.8 Å². The summed E-state index contributed by atoms with van der Waals surface area (Å²) in [6, 6.07) is 2.66. The molecule has 1 saturated carbocycles. The van der Waals surface area contributed by atoms with Gasteiger partial charge >= 0.3 is 0 Å². The molecule has 0 spiro atoms. The second kappa shape index (κ2) is 6.29. The molecule has 1 aliphatic carbocycles. The van der Waals surface area contributed by atoms with Gasteiger partial charge in [0.25, 0.3) is 11.1 Å². The number of thioether (sulfide) groups is 1. The maximum absolute atomic E-state index is 12.3. The van der Waals surface area contributed by atoms with Gasteiger partial charge in [-0.15, -0.1) is 6.42 Å². The molecule has 4 nitrogen and oxygen atoms in total. The quantitative estimate of drug-likeness (QED) is 0.624. The van der Waals surface area contributed by atoms with Crippen LogP contribution in [0.2, 0.25) is 0 Å². The molecule has 5 heteroatoms. The van der Waals surface area contributed by atoms with E-state index in [0.717, 1.165) is 27.9 Å². The van der Waals surface area contributed by atoms with Crippen LogP contribution in [0, 0.1) is 26.2 Å². The molecule has 0 bridgehead atoms. The van der Waals surface area contributed by atoms with Crippen LogP contribution < -0.4 is 0 Å². The molecular formula is C18H20N2O2S. The topological polar surface area (TPSA) is 42.3 Å². The Labute approximate surface area is 140 Å². The van der Waals surface area contributed by atoms with E-state index in [1.165, 1.54) is 31.4 Å². The van der Waals surface area contributed by atoms with Crippen LogP contribution in [0.25, 0.3) is 6.08 Å². The lowest BCUT2D eigenvalue weighted by Crippen LogP contribution is -2.28. The summed E-state index contributed by atoms with van der Waals surface area (Å²) in [4.78, 5) is 25.7. The number of amides is 2. The molecule has 0 N–H and O–H groups in total. The summed E-state index contributed by atoms with van der Waals surface area (Å²) in [5, 5.41) is -0.288. The SMILES string of the molecule is C#CCN1C(=O)S/C(=C\c2cc(C)n(C3CCCC3)c2C)C1=O. The number of terminal acetylenes is 1. The van der Waals surface area contributed by atoms with Gasteiger partial charge in [0, 0.05) is 17.4 Å². The van der Waals surface area contributed by atoms with Crippen LogP contribution in [0.3, 0.4) is 0 Å². The van der Waals surface area contributed by atoms with Gasteiger partial charge in [-0.2, -0.15) is 0 Å². The van der Waals surface area contributed by atoms with Crippen molar-refractivity contribution >= 4 is 29.0 Å². The molecule has 2 amide bonds. The first-order valence-corrected chi connectivity index (χ1v) is 8.72. The third kappa shape index (κ3) is 2.84. The number of hydrogen-bond donors (Lipinski definition) is 0. The van der Waals surface area contributed by atoms with Gasteiger partial charge < -0.3 is 4.57 Å². The molecule has 0 atom stereocenters. The standard InChI is InChI=1S/C18H20N2O2S/c1-4-9-19-17(21)16(23-18(19)22)11-14-10-12(2)20(13(14)3)15-7-5-6-8-15/h1,10-11,15H,5-9H2,2-3H3/b16-11-. The molecular weight excluding hydrogens is 308 g/mol. The van der Waals surface area contributed by atoms with Crippen LogP contribution in [0.4, 0.5) is 4.79 Å². The molecule has 0 radical (unpaired) electrons. The molecule has 2 fully saturated rings. The average molecular weight is 328 g/mol. The smallest absolute Gasteiger partial charge is 0.294 e. The predicted molar refractivity (Wildman–Crippen MR) is 92.9 cm³/mol. The number of imide groups is 1. The molecule has 1 aliphatic heterocycles. The Morgan fingerprint density at radius 3 is 2.70 bits per heavy atom. The number of aromatic nitrogens is 1. The summed E-state index contributed by atoms with van der Waals surface area (Å²) >= 11 is 0.966. The molecule has 0 aromatic carbocycles. The van der Waals surface area contributed by atoms with Gasteiger partial charge in [-0.3, -0.25) is 14.5 Å². The van der Waals surface area contributed by atoms with Gasteiger partial charge in [-0.05, 0) is 56.2 Å². The first kappa shape index (κ1) is 15.9. The van der Waals surface area contributed by atoms with E-state index in [1.54, 1.807) is 0 Å². The minimum atomic E-state index is -0.288. The Balaban J connectivity index is 1.92. The summed E-state index contributed by atoms with van der Waals surface area (Å²) in [5.41, 5.74) is 3.39. The number of carbonyl (C=O) groups excluding carboxylic acids is 2. The average Bonchev–Trinajstić information content (AvgIpc) is 3.17. The molecule has 1 aromatic rings. The van der Waals surface area contributed by atoms with Crippen molar-refractivity contribution in [1.29, 1.82) is 0 Å². The summed E-state index contributed by atoms with van der Waals surface area (Å²) < 4.78 is 2.38. The van der Waals surface area contributed by atoms with E-state index in [4.69, 9.17) is 6.42 Å². The molecule has 1 aromatic heterocycles. The van der Waals surface area contributed by atoms with Crippen molar-refractivity contribution < 1.29 is 9.59 Å². The maximum atomic E-state index is 12.3. The zero-order valence-electron chi connectivity index (χ0n) is 13.5. The highest BCUT2D eigenvalue weighted by Crippen LogP contribution is 2.36. The molecule has 23 heavy (non-hydrogen) atoms. The number of nitrogens with zero attached hydrogens (tertiary/aromatic N) is 2. The Hall–Kier alpha value is -1.93. The largest absolute Gasteiger partial charge is 0.346 e. The van der Waals surface area contributed by atoms with Gasteiger partial charge in [0.15, 0.2) is 0 Å². The van der Waals surface area contributed by atoms with Crippen molar-refractivity contribution in [3.8, 4) is 12.3 Å². The maximum Gasteiger partial charge on any atom is 0.294 e. The second-order valence-electron chi connectivity index (χ2n) is 6.11. The lowest BCUT2D eigenvalue weighted by molar-refractivity contribution is -0.122. The normalized spacial score (nSPS) is 20.7. The molecule has 2 aliphatic rings. The number of rotatable bonds is 3. The van der Waals surface area contributed by atoms with E-state index in [-0.39, 0.29) is 17.7 Å². The van der Waals surface area contributed by atoms with Crippen molar-refractivity contribution in [3.63, 3.8) is 0 Å². The Morgan fingerprint density at radius 1 is 1.35 bits per heavy atom. The van der Waals surface area contributed by atoms with Crippen molar-refractivity contribution in [2.75, 3.05) is 6.54 Å². The fraction of sp³-hybridized carbons (Fsp3) is 0.444. The number of carbonyl (C=O) groups is 2. The third-order valence-corrected chi connectivity index (χ3v) is 5.53. The minimum Gasteiger partial charge on any atom is -0.346 e. The van der Waals surface area contributed by atoms with Crippen LogP contribution in [-0.2, 0) is 4.79 Å². The van der Waals surface area contributed by atoms with Crippen molar-refractivity contribution in [2.45, 2.75) is 45.6 Å². The summed E-state index contributed by atoms with van der Waals surface area (Å²) in [6.45, 7) is 4.22. The van der Waals surface area contributed by atoms with E-state index < -0.39 is 0 Å². The molecule has 0 unspecified atom stereocenters.